The van der Waals surface area contributed by atoms with Gasteiger partial charge in [0.2, 0.25) is 11.8 Å². The van der Waals surface area contributed by atoms with Crippen molar-refractivity contribution in [3.05, 3.63) is 47.3 Å². The molecule has 1 aromatic heterocycles. The molecule has 1 aromatic carbocycles. The fourth-order valence-electron chi connectivity index (χ4n) is 2.38. The van der Waals surface area contributed by atoms with E-state index in [1.807, 2.05) is 31.2 Å². The van der Waals surface area contributed by atoms with Crippen molar-refractivity contribution < 1.29 is 19.5 Å². The Kier molecular flexibility index (Phi) is 6.42. The summed E-state index contributed by atoms with van der Waals surface area (Å²) in [5.74, 6) is -1.51. The number of aryl methyl sites for hydroxylation is 1. The number of carboxylic acids is 1. The average Bonchev–Trinajstić information content (AvgIpc) is 2.99. The van der Waals surface area contributed by atoms with Crippen molar-refractivity contribution in [3.63, 3.8) is 0 Å². The molecule has 0 fully saturated rings. The summed E-state index contributed by atoms with van der Waals surface area (Å²) in [6.07, 6.45) is 1.53. The lowest BCUT2D eigenvalue weighted by molar-refractivity contribution is -0.138. The highest BCUT2D eigenvalue weighted by Crippen LogP contribution is 2.17. The van der Waals surface area contributed by atoms with Gasteiger partial charge >= 0.3 is 5.97 Å². The highest BCUT2D eigenvalue weighted by atomic mass is 16.4. The summed E-state index contributed by atoms with van der Waals surface area (Å²) in [4.78, 5) is 34.3. The summed E-state index contributed by atoms with van der Waals surface area (Å²) < 4.78 is 1.18. The molecular formula is C17H21N5O4. The fourth-order valence-corrected chi connectivity index (χ4v) is 2.38. The maximum Gasteiger partial charge on any atom is 0.325 e. The molecule has 1 heterocycles. The molecule has 2 amide bonds. The van der Waals surface area contributed by atoms with Gasteiger partial charge in [-0.05, 0) is 12.5 Å². The van der Waals surface area contributed by atoms with Crippen LogP contribution in [-0.2, 0) is 27.5 Å². The van der Waals surface area contributed by atoms with Crippen LogP contribution in [0.1, 0.15) is 36.2 Å². The third kappa shape index (κ3) is 6.00. The van der Waals surface area contributed by atoms with Gasteiger partial charge in [-0.1, -0.05) is 35.0 Å². The molecule has 3 N–H and O–H groups in total. The third-order valence-electron chi connectivity index (χ3n) is 3.60. The van der Waals surface area contributed by atoms with Crippen LogP contribution in [0.5, 0.6) is 0 Å². The molecule has 0 saturated heterocycles. The number of carbonyl (C=O) groups excluding carboxylic acids is 2. The van der Waals surface area contributed by atoms with E-state index in [-0.39, 0.29) is 31.3 Å². The Morgan fingerprint density at radius 2 is 1.92 bits per heavy atom. The molecule has 0 aliphatic rings. The van der Waals surface area contributed by atoms with E-state index in [1.165, 1.54) is 17.8 Å². The minimum atomic E-state index is -1.03. The van der Waals surface area contributed by atoms with Crippen molar-refractivity contribution in [2.24, 2.45) is 0 Å². The zero-order valence-electron chi connectivity index (χ0n) is 14.6. The first-order valence-electron chi connectivity index (χ1n) is 8.04. The number of hydrogen-bond donors (Lipinski definition) is 3. The number of carboxylic acid groups (broad SMARTS) is 1. The van der Waals surface area contributed by atoms with Gasteiger partial charge in [0.25, 0.3) is 0 Å². The lowest BCUT2D eigenvalue weighted by Gasteiger charge is -2.18. The minimum Gasteiger partial charge on any atom is -0.480 e. The fraction of sp³-hybridized carbons (Fsp3) is 0.353. The molecule has 0 aliphatic heterocycles. The molecule has 0 spiro atoms. The standard InChI is InChI=1S/C17H21N5O4/c1-11-3-5-13(6-4-11)15(19-12(2)23)7-16(24)18-8-14-9-22(21-20-14)10-17(25)26/h3-6,9,15H,7-8,10H2,1-2H3,(H,18,24)(H,19,23)(H,25,26). The van der Waals surface area contributed by atoms with E-state index in [2.05, 4.69) is 20.9 Å². The van der Waals surface area contributed by atoms with E-state index >= 15 is 0 Å². The Balaban J connectivity index is 1.94. The smallest absolute Gasteiger partial charge is 0.325 e. The molecule has 1 atom stereocenters. The van der Waals surface area contributed by atoms with Gasteiger partial charge in [-0.15, -0.1) is 5.10 Å². The number of nitrogens with one attached hydrogen (secondary N) is 2. The Labute approximate surface area is 150 Å². The van der Waals surface area contributed by atoms with Crippen LogP contribution in [0, 0.1) is 6.92 Å². The van der Waals surface area contributed by atoms with Crippen LogP contribution in [0.3, 0.4) is 0 Å². The summed E-state index contributed by atoms with van der Waals surface area (Å²) in [5.41, 5.74) is 2.38. The van der Waals surface area contributed by atoms with Crippen molar-refractivity contribution in [2.45, 2.75) is 39.4 Å². The zero-order chi connectivity index (χ0) is 19.1. The van der Waals surface area contributed by atoms with Crippen LogP contribution in [-0.4, -0.2) is 37.9 Å². The molecule has 0 bridgehead atoms. The predicted molar refractivity (Wildman–Crippen MR) is 91.9 cm³/mol. The van der Waals surface area contributed by atoms with E-state index in [0.29, 0.717) is 5.69 Å². The zero-order valence-corrected chi connectivity index (χ0v) is 14.6. The molecule has 2 rings (SSSR count). The number of rotatable bonds is 8. The summed E-state index contributed by atoms with van der Waals surface area (Å²) in [5, 5.41) is 21.6. The van der Waals surface area contributed by atoms with Crippen LogP contribution >= 0.6 is 0 Å². The van der Waals surface area contributed by atoms with Crippen molar-refractivity contribution in [1.29, 1.82) is 0 Å². The van der Waals surface area contributed by atoms with Crippen molar-refractivity contribution in [1.82, 2.24) is 25.6 Å². The van der Waals surface area contributed by atoms with Crippen LogP contribution < -0.4 is 10.6 Å². The second-order valence-electron chi connectivity index (χ2n) is 5.95. The summed E-state index contributed by atoms with van der Waals surface area (Å²) in [6, 6.07) is 7.16. The van der Waals surface area contributed by atoms with Crippen LogP contribution in [0.25, 0.3) is 0 Å². The quantitative estimate of drug-likeness (QED) is 0.632. The maximum atomic E-state index is 12.2. The normalized spacial score (nSPS) is 11.6. The number of carbonyl (C=O) groups is 3. The topological polar surface area (TPSA) is 126 Å². The summed E-state index contributed by atoms with van der Waals surface area (Å²) in [6.45, 7) is 3.19. The van der Waals surface area contributed by atoms with Crippen molar-refractivity contribution in [2.75, 3.05) is 0 Å². The number of hydrogen-bond acceptors (Lipinski definition) is 5. The van der Waals surface area contributed by atoms with E-state index < -0.39 is 12.0 Å². The number of aromatic nitrogens is 3. The number of aliphatic carboxylic acids is 1. The SMILES string of the molecule is CC(=O)NC(CC(=O)NCc1cn(CC(=O)O)nn1)c1ccc(C)cc1. The molecule has 26 heavy (non-hydrogen) atoms. The molecule has 138 valence electrons. The van der Waals surface area contributed by atoms with Crippen LogP contribution in [0.15, 0.2) is 30.5 Å². The van der Waals surface area contributed by atoms with Gasteiger partial charge in [0.05, 0.1) is 25.2 Å². The van der Waals surface area contributed by atoms with Crippen LogP contribution in [0.4, 0.5) is 0 Å². The Bertz CT molecular complexity index is 785. The number of amides is 2. The first-order valence-corrected chi connectivity index (χ1v) is 8.04. The molecule has 9 heteroatoms. The van der Waals surface area contributed by atoms with Gasteiger partial charge in [-0.25, -0.2) is 4.68 Å². The monoisotopic (exact) mass is 359 g/mol. The summed E-state index contributed by atoms with van der Waals surface area (Å²) in [7, 11) is 0. The van der Waals surface area contributed by atoms with Gasteiger partial charge in [-0.2, -0.15) is 0 Å². The predicted octanol–water partition coefficient (Wildman–Crippen LogP) is 0.555. The Hall–Kier alpha value is -3.23. The lowest BCUT2D eigenvalue weighted by Crippen LogP contribution is -2.32. The number of nitrogens with zero attached hydrogens (tertiary/aromatic N) is 3. The molecule has 1 unspecified atom stereocenters. The third-order valence-corrected chi connectivity index (χ3v) is 3.60. The minimum absolute atomic E-state index is 0.0753. The number of benzene rings is 1. The lowest BCUT2D eigenvalue weighted by atomic mass is 10.0. The van der Waals surface area contributed by atoms with Crippen molar-refractivity contribution >= 4 is 17.8 Å². The molecular weight excluding hydrogens is 338 g/mol. The second-order valence-corrected chi connectivity index (χ2v) is 5.95. The summed E-state index contributed by atoms with van der Waals surface area (Å²) >= 11 is 0. The van der Waals surface area contributed by atoms with Crippen LogP contribution in [0.2, 0.25) is 0 Å². The molecule has 9 nitrogen and oxygen atoms in total. The Morgan fingerprint density at radius 1 is 1.23 bits per heavy atom. The van der Waals surface area contributed by atoms with E-state index in [4.69, 9.17) is 5.11 Å². The van der Waals surface area contributed by atoms with Crippen molar-refractivity contribution in [3.8, 4) is 0 Å². The average molecular weight is 359 g/mol. The highest BCUT2D eigenvalue weighted by molar-refractivity contribution is 5.79. The van der Waals surface area contributed by atoms with Gasteiger partial charge in [0.15, 0.2) is 0 Å². The first-order chi connectivity index (χ1) is 12.3. The molecule has 0 radical (unpaired) electrons. The van der Waals surface area contributed by atoms with Gasteiger partial charge < -0.3 is 15.7 Å². The maximum absolute atomic E-state index is 12.2. The largest absolute Gasteiger partial charge is 0.480 e. The van der Waals surface area contributed by atoms with E-state index in [0.717, 1.165) is 11.1 Å². The first kappa shape index (κ1) is 19.1. The second kappa shape index (κ2) is 8.75. The molecule has 0 saturated carbocycles. The van der Waals surface area contributed by atoms with E-state index in [1.54, 1.807) is 0 Å². The van der Waals surface area contributed by atoms with Gasteiger partial charge in [0, 0.05) is 6.92 Å². The van der Waals surface area contributed by atoms with Gasteiger partial charge in [-0.3, -0.25) is 14.4 Å². The Morgan fingerprint density at radius 3 is 2.54 bits per heavy atom. The molecule has 2 aromatic rings. The van der Waals surface area contributed by atoms with E-state index in [9.17, 15) is 14.4 Å². The van der Waals surface area contributed by atoms with Gasteiger partial charge in [0.1, 0.15) is 12.2 Å². The highest BCUT2D eigenvalue weighted by Gasteiger charge is 2.17. The molecule has 0 aliphatic carbocycles.